The van der Waals surface area contributed by atoms with Crippen LogP contribution in [0.25, 0.3) is 0 Å². The van der Waals surface area contributed by atoms with Gasteiger partial charge < -0.3 is 10.2 Å². The molecule has 1 aromatic heterocycles. The van der Waals surface area contributed by atoms with E-state index in [4.69, 9.17) is 0 Å². The summed E-state index contributed by atoms with van der Waals surface area (Å²) < 4.78 is 0. The number of aromatic nitrogens is 2. The number of hydrogen-bond donors (Lipinski definition) is 1. The van der Waals surface area contributed by atoms with Crippen LogP contribution in [0.3, 0.4) is 0 Å². The molecule has 5 heteroatoms. The average Bonchev–Trinajstić information content (AvgIpc) is 2.51. The molecule has 2 rings (SSSR count). The number of nitrogens with zero attached hydrogens (tertiary/aromatic N) is 3. The third-order valence-corrected chi connectivity index (χ3v) is 4.04. The average molecular weight is 326 g/mol. The van der Waals surface area contributed by atoms with E-state index in [2.05, 4.69) is 48.2 Å². The first-order valence-electron chi connectivity index (χ1n) is 8.35. The van der Waals surface area contributed by atoms with Crippen molar-refractivity contribution in [3.63, 3.8) is 0 Å². The summed E-state index contributed by atoms with van der Waals surface area (Å²) in [6.45, 7) is 13.3. The van der Waals surface area contributed by atoms with Gasteiger partial charge in [-0.05, 0) is 52.7 Å². The molecule has 0 radical (unpaired) electrons. The largest absolute Gasteiger partial charge is 0.340 e. The van der Waals surface area contributed by atoms with Crippen LogP contribution in [0.1, 0.15) is 46.9 Å². The molecule has 0 atom stereocenters. The maximum Gasteiger partial charge on any atom is 0.272 e. The van der Waals surface area contributed by atoms with E-state index >= 15 is 0 Å². The van der Waals surface area contributed by atoms with Crippen molar-refractivity contribution in [1.82, 2.24) is 14.9 Å². The number of carbonyl (C=O) groups is 1. The van der Waals surface area contributed by atoms with E-state index in [1.165, 1.54) is 5.56 Å². The van der Waals surface area contributed by atoms with Gasteiger partial charge >= 0.3 is 0 Å². The summed E-state index contributed by atoms with van der Waals surface area (Å²) in [7, 11) is 0. The third kappa shape index (κ3) is 3.91. The van der Waals surface area contributed by atoms with E-state index in [-0.39, 0.29) is 5.91 Å². The lowest BCUT2D eigenvalue weighted by molar-refractivity contribution is 0.0766. The topological polar surface area (TPSA) is 58.1 Å². The van der Waals surface area contributed by atoms with Crippen LogP contribution < -0.4 is 5.32 Å². The molecular formula is C19H26N4O. The molecule has 1 amide bonds. The lowest BCUT2D eigenvalue weighted by Crippen LogP contribution is -2.31. The minimum absolute atomic E-state index is 0.0640. The molecule has 5 nitrogen and oxygen atoms in total. The quantitative estimate of drug-likeness (QED) is 0.904. The maximum absolute atomic E-state index is 12.6. The predicted octanol–water partition coefficient (Wildman–Crippen LogP) is 3.94. The van der Waals surface area contributed by atoms with Crippen LogP contribution >= 0.6 is 0 Å². The fourth-order valence-corrected chi connectivity index (χ4v) is 2.92. The molecule has 128 valence electrons. The number of nitrogens with one attached hydrogen (secondary N) is 1. The Kier molecular flexibility index (Phi) is 5.54. The van der Waals surface area contributed by atoms with Gasteiger partial charge in [0, 0.05) is 24.8 Å². The van der Waals surface area contributed by atoms with E-state index in [1.807, 2.05) is 13.8 Å². The van der Waals surface area contributed by atoms with E-state index in [0.29, 0.717) is 30.4 Å². The Balaban J connectivity index is 2.38. The van der Waals surface area contributed by atoms with Gasteiger partial charge in [0.15, 0.2) is 0 Å². The lowest BCUT2D eigenvalue weighted by atomic mass is 10.1. The minimum Gasteiger partial charge on any atom is -0.340 e. The van der Waals surface area contributed by atoms with Crippen molar-refractivity contribution in [2.75, 3.05) is 18.4 Å². The van der Waals surface area contributed by atoms with Crippen molar-refractivity contribution in [3.05, 3.63) is 46.4 Å². The zero-order valence-electron chi connectivity index (χ0n) is 15.4. The van der Waals surface area contributed by atoms with Crippen LogP contribution in [-0.2, 0) is 0 Å². The summed E-state index contributed by atoms with van der Waals surface area (Å²) in [5, 5.41) is 3.36. The van der Waals surface area contributed by atoms with Crippen molar-refractivity contribution in [3.8, 4) is 0 Å². The second kappa shape index (κ2) is 7.43. The van der Waals surface area contributed by atoms with Gasteiger partial charge in [0.2, 0.25) is 0 Å². The SMILES string of the molecule is CCN(CC)C(=O)c1cc(Nc2c(C)cc(C)cc2C)nc(C)n1. The predicted molar refractivity (Wildman–Crippen MR) is 98.0 cm³/mol. The van der Waals surface area contributed by atoms with Crippen LogP contribution in [0.15, 0.2) is 18.2 Å². The fraction of sp³-hybridized carbons (Fsp3) is 0.421. The molecule has 0 saturated carbocycles. The zero-order valence-corrected chi connectivity index (χ0v) is 15.4. The van der Waals surface area contributed by atoms with Crippen molar-refractivity contribution in [1.29, 1.82) is 0 Å². The van der Waals surface area contributed by atoms with E-state index in [9.17, 15) is 4.79 Å². The van der Waals surface area contributed by atoms with Gasteiger partial charge in [-0.1, -0.05) is 17.7 Å². The number of hydrogen-bond acceptors (Lipinski definition) is 4. The van der Waals surface area contributed by atoms with Crippen molar-refractivity contribution < 1.29 is 4.79 Å². The summed E-state index contributed by atoms with van der Waals surface area (Å²) in [5.41, 5.74) is 4.99. The van der Waals surface area contributed by atoms with Crippen molar-refractivity contribution >= 4 is 17.4 Å². The molecule has 0 saturated heterocycles. The van der Waals surface area contributed by atoms with E-state index in [1.54, 1.807) is 17.9 Å². The Labute approximate surface area is 144 Å². The number of anilines is 2. The molecular weight excluding hydrogens is 300 g/mol. The first-order valence-corrected chi connectivity index (χ1v) is 8.35. The molecule has 1 N–H and O–H groups in total. The molecule has 1 heterocycles. The van der Waals surface area contributed by atoms with Crippen LogP contribution in [0.5, 0.6) is 0 Å². The highest BCUT2D eigenvalue weighted by Crippen LogP contribution is 2.25. The Morgan fingerprint density at radius 2 is 1.58 bits per heavy atom. The fourth-order valence-electron chi connectivity index (χ4n) is 2.92. The Morgan fingerprint density at radius 3 is 2.12 bits per heavy atom. The van der Waals surface area contributed by atoms with Crippen LogP contribution in [-0.4, -0.2) is 33.9 Å². The van der Waals surface area contributed by atoms with Crippen LogP contribution in [0, 0.1) is 27.7 Å². The summed E-state index contributed by atoms with van der Waals surface area (Å²) in [6, 6.07) is 5.99. The van der Waals surface area contributed by atoms with Gasteiger partial charge in [0.1, 0.15) is 17.3 Å². The molecule has 0 aliphatic heterocycles. The monoisotopic (exact) mass is 326 g/mol. The first kappa shape index (κ1) is 17.9. The highest BCUT2D eigenvalue weighted by atomic mass is 16.2. The summed E-state index contributed by atoms with van der Waals surface area (Å²) in [6.07, 6.45) is 0. The van der Waals surface area contributed by atoms with Crippen LogP contribution in [0.4, 0.5) is 11.5 Å². The second-order valence-corrected chi connectivity index (χ2v) is 6.06. The highest BCUT2D eigenvalue weighted by Gasteiger charge is 2.16. The molecule has 24 heavy (non-hydrogen) atoms. The lowest BCUT2D eigenvalue weighted by Gasteiger charge is -2.19. The van der Waals surface area contributed by atoms with Gasteiger partial charge in [-0.25, -0.2) is 9.97 Å². The van der Waals surface area contributed by atoms with Gasteiger partial charge in [-0.15, -0.1) is 0 Å². The third-order valence-electron chi connectivity index (χ3n) is 4.04. The number of rotatable bonds is 5. The maximum atomic E-state index is 12.6. The summed E-state index contributed by atoms with van der Waals surface area (Å²) in [4.78, 5) is 23.1. The van der Waals surface area contributed by atoms with Crippen LogP contribution in [0.2, 0.25) is 0 Å². The smallest absolute Gasteiger partial charge is 0.272 e. The van der Waals surface area contributed by atoms with Gasteiger partial charge in [-0.2, -0.15) is 0 Å². The van der Waals surface area contributed by atoms with Crippen molar-refractivity contribution in [2.24, 2.45) is 0 Å². The first-order chi connectivity index (χ1) is 11.3. The molecule has 0 fully saturated rings. The molecule has 0 aliphatic carbocycles. The van der Waals surface area contributed by atoms with Crippen molar-refractivity contribution in [2.45, 2.75) is 41.5 Å². The molecule has 0 bridgehead atoms. The second-order valence-electron chi connectivity index (χ2n) is 6.06. The van der Waals surface area contributed by atoms with E-state index in [0.717, 1.165) is 16.8 Å². The number of amides is 1. The number of carbonyl (C=O) groups excluding carboxylic acids is 1. The number of aryl methyl sites for hydroxylation is 4. The molecule has 1 aromatic carbocycles. The summed E-state index contributed by atoms with van der Waals surface area (Å²) in [5.74, 6) is 1.16. The number of benzene rings is 1. The molecule has 0 spiro atoms. The summed E-state index contributed by atoms with van der Waals surface area (Å²) >= 11 is 0. The molecule has 0 unspecified atom stereocenters. The Morgan fingerprint density at radius 1 is 1.00 bits per heavy atom. The normalized spacial score (nSPS) is 10.6. The molecule has 2 aromatic rings. The zero-order chi connectivity index (χ0) is 17.9. The highest BCUT2D eigenvalue weighted by molar-refractivity contribution is 5.93. The van der Waals surface area contributed by atoms with Gasteiger partial charge in [0.05, 0.1) is 0 Å². The standard InChI is InChI=1S/C19H26N4O/c1-7-23(8-2)19(24)16-11-17(21-15(6)20-16)22-18-13(4)9-12(3)10-14(18)5/h9-11H,7-8H2,1-6H3,(H,20,21,22). The van der Waals surface area contributed by atoms with E-state index < -0.39 is 0 Å². The minimum atomic E-state index is -0.0640. The Bertz CT molecular complexity index is 728. The molecule has 0 aliphatic rings. The Hall–Kier alpha value is -2.43. The van der Waals surface area contributed by atoms with Gasteiger partial charge in [-0.3, -0.25) is 4.79 Å². The van der Waals surface area contributed by atoms with Gasteiger partial charge in [0.25, 0.3) is 5.91 Å².